The third kappa shape index (κ3) is 4.48. The van der Waals surface area contributed by atoms with E-state index in [2.05, 4.69) is 9.71 Å². The molecule has 2 N–H and O–H groups in total. The van der Waals surface area contributed by atoms with Gasteiger partial charge in [-0.15, -0.1) is 0 Å². The number of aromatic nitrogens is 1. The second kappa shape index (κ2) is 7.00. The smallest absolute Gasteiger partial charge is 0.252 e. The van der Waals surface area contributed by atoms with Crippen LogP contribution in [0.2, 0.25) is 5.02 Å². The van der Waals surface area contributed by atoms with Gasteiger partial charge in [0.05, 0.1) is 5.75 Å². The molecule has 0 saturated heterocycles. The monoisotopic (exact) mass is 376 g/mol. The van der Waals surface area contributed by atoms with Gasteiger partial charge in [-0.1, -0.05) is 35.9 Å². The molecule has 0 aliphatic heterocycles. The number of hydrogen-bond acceptors (Lipinski definition) is 3. The number of nitrogens with one attached hydrogen (secondary N) is 2. The minimum absolute atomic E-state index is 0.0604. The summed E-state index contributed by atoms with van der Waals surface area (Å²) in [6.07, 6.45) is 0. The Morgan fingerprint density at radius 2 is 1.80 bits per heavy atom. The molecule has 7 heteroatoms. The third-order valence-corrected chi connectivity index (χ3v) is 5.38. The Hall–Kier alpha value is -2.15. The van der Waals surface area contributed by atoms with E-state index in [1.165, 1.54) is 0 Å². The predicted molar refractivity (Wildman–Crippen MR) is 100 cm³/mol. The average Bonchev–Trinajstić information content (AvgIpc) is 2.55. The van der Waals surface area contributed by atoms with Crippen molar-refractivity contribution in [3.8, 4) is 0 Å². The van der Waals surface area contributed by atoms with Crippen LogP contribution in [0.3, 0.4) is 0 Å². The Labute approximate surface area is 150 Å². The molecule has 2 aromatic carbocycles. The maximum atomic E-state index is 12.2. The molecule has 0 unspecified atom stereocenters. The first-order valence-electron chi connectivity index (χ1n) is 7.67. The van der Waals surface area contributed by atoms with Crippen LogP contribution in [0.5, 0.6) is 0 Å². The zero-order valence-electron chi connectivity index (χ0n) is 13.5. The minimum atomic E-state index is -3.57. The fraction of sp³-hybridized carbons (Fsp3) is 0.167. The van der Waals surface area contributed by atoms with E-state index in [1.807, 2.05) is 25.1 Å². The highest BCUT2D eigenvalue weighted by Crippen LogP contribution is 2.14. The molecule has 0 aliphatic carbocycles. The predicted octanol–water partition coefficient (Wildman–Crippen LogP) is 3.11. The summed E-state index contributed by atoms with van der Waals surface area (Å²) in [4.78, 5) is 14.9. The van der Waals surface area contributed by atoms with Crippen LogP contribution in [0.1, 0.15) is 16.7 Å². The lowest BCUT2D eigenvalue weighted by Gasteiger charge is -2.08. The molecule has 1 heterocycles. The zero-order valence-corrected chi connectivity index (χ0v) is 15.1. The van der Waals surface area contributed by atoms with E-state index < -0.39 is 10.0 Å². The highest BCUT2D eigenvalue weighted by molar-refractivity contribution is 7.88. The highest BCUT2D eigenvalue weighted by atomic mass is 35.5. The Bertz CT molecular complexity index is 1070. The van der Waals surface area contributed by atoms with E-state index in [0.717, 1.165) is 16.5 Å². The number of halogens is 1. The summed E-state index contributed by atoms with van der Waals surface area (Å²) in [5, 5.41) is 1.41. The average molecular weight is 377 g/mol. The summed E-state index contributed by atoms with van der Waals surface area (Å²) in [5.74, 6) is -0.172. The number of pyridine rings is 1. The molecule has 3 aromatic rings. The number of benzene rings is 2. The van der Waals surface area contributed by atoms with Gasteiger partial charge in [0, 0.05) is 22.6 Å². The van der Waals surface area contributed by atoms with Crippen molar-refractivity contribution in [1.82, 2.24) is 9.71 Å². The fourth-order valence-electron chi connectivity index (χ4n) is 2.53. The first kappa shape index (κ1) is 17.7. The number of aryl methyl sites for hydroxylation is 1. The number of aromatic amines is 1. The normalized spacial score (nSPS) is 11.8. The molecule has 3 rings (SSSR count). The van der Waals surface area contributed by atoms with E-state index in [4.69, 9.17) is 11.6 Å². The van der Waals surface area contributed by atoms with Crippen LogP contribution < -0.4 is 10.3 Å². The molecule has 0 spiro atoms. The number of rotatable bonds is 5. The van der Waals surface area contributed by atoms with Gasteiger partial charge in [-0.05, 0) is 47.7 Å². The lowest BCUT2D eigenvalue weighted by molar-refractivity contribution is 0.580. The van der Waals surface area contributed by atoms with Crippen molar-refractivity contribution in [2.45, 2.75) is 19.2 Å². The van der Waals surface area contributed by atoms with Crippen LogP contribution in [0.4, 0.5) is 0 Å². The number of hydrogen-bond donors (Lipinski definition) is 2. The summed E-state index contributed by atoms with van der Waals surface area (Å²) in [6, 6.07) is 14.0. The minimum Gasteiger partial charge on any atom is -0.322 e. The van der Waals surface area contributed by atoms with Gasteiger partial charge in [0.25, 0.3) is 5.56 Å². The molecular formula is C18H17ClN2O3S. The van der Waals surface area contributed by atoms with Gasteiger partial charge in [0.15, 0.2) is 0 Å². The topological polar surface area (TPSA) is 79.0 Å². The number of fused-ring (bicyclic) bond motifs is 1. The van der Waals surface area contributed by atoms with Crippen molar-refractivity contribution in [2.75, 3.05) is 0 Å². The Balaban J connectivity index is 1.77. The molecule has 0 fully saturated rings. The summed E-state index contributed by atoms with van der Waals surface area (Å²) >= 11 is 5.80. The lowest BCUT2D eigenvalue weighted by atomic mass is 10.1. The van der Waals surface area contributed by atoms with E-state index >= 15 is 0 Å². The second-order valence-electron chi connectivity index (χ2n) is 5.92. The first-order chi connectivity index (χ1) is 11.8. The largest absolute Gasteiger partial charge is 0.322 e. The third-order valence-electron chi connectivity index (χ3n) is 3.83. The van der Waals surface area contributed by atoms with Crippen LogP contribution in [-0.2, 0) is 22.3 Å². The molecule has 0 amide bonds. The molecule has 1 aromatic heterocycles. The Kier molecular flexibility index (Phi) is 4.94. The SMILES string of the molecule is Cc1ccc2cc(CNS(=O)(=O)Cc3ccc(Cl)cc3)c(=O)[nH]c2c1. The van der Waals surface area contributed by atoms with Crippen molar-refractivity contribution >= 4 is 32.5 Å². The van der Waals surface area contributed by atoms with Crippen molar-refractivity contribution in [1.29, 1.82) is 0 Å². The van der Waals surface area contributed by atoms with Gasteiger partial charge in [0.1, 0.15) is 0 Å². The molecule has 0 bridgehead atoms. The van der Waals surface area contributed by atoms with Crippen LogP contribution in [-0.4, -0.2) is 13.4 Å². The van der Waals surface area contributed by atoms with Gasteiger partial charge in [-0.3, -0.25) is 4.79 Å². The van der Waals surface area contributed by atoms with Crippen LogP contribution in [0, 0.1) is 6.92 Å². The van der Waals surface area contributed by atoms with Crippen molar-refractivity contribution in [3.63, 3.8) is 0 Å². The van der Waals surface area contributed by atoms with Crippen LogP contribution in [0.15, 0.2) is 53.3 Å². The van der Waals surface area contributed by atoms with Gasteiger partial charge >= 0.3 is 0 Å². The van der Waals surface area contributed by atoms with Gasteiger partial charge < -0.3 is 4.98 Å². The molecule has 0 atom stereocenters. The fourth-order valence-corrected chi connectivity index (χ4v) is 3.76. The summed E-state index contributed by atoms with van der Waals surface area (Å²) in [5.41, 5.74) is 2.47. The standard InChI is InChI=1S/C18H17ClN2O3S/c1-12-2-5-14-9-15(18(22)21-17(14)8-12)10-20-25(23,24)11-13-3-6-16(19)7-4-13/h2-9,20H,10-11H2,1H3,(H,21,22). The molecule has 130 valence electrons. The maximum Gasteiger partial charge on any atom is 0.252 e. The van der Waals surface area contributed by atoms with Crippen LogP contribution >= 0.6 is 11.6 Å². The van der Waals surface area contributed by atoms with E-state index in [-0.39, 0.29) is 17.9 Å². The van der Waals surface area contributed by atoms with E-state index in [1.54, 1.807) is 30.3 Å². The first-order valence-corrected chi connectivity index (χ1v) is 9.70. The van der Waals surface area contributed by atoms with Gasteiger partial charge in [-0.2, -0.15) is 0 Å². The molecule has 0 radical (unpaired) electrons. The Morgan fingerprint density at radius 3 is 2.52 bits per heavy atom. The van der Waals surface area contributed by atoms with Crippen molar-refractivity contribution < 1.29 is 8.42 Å². The molecule has 5 nitrogen and oxygen atoms in total. The quantitative estimate of drug-likeness (QED) is 0.718. The van der Waals surface area contributed by atoms with Gasteiger partial charge in [-0.25, -0.2) is 13.1 Å². The number of H-pyrrole nitrogens is 1. The summed E-state index contributed by atoms with van der Waals surface area (Å²) in [7, 11) is -3.57. The lowest BCUT2D eigenvalue weighted by Crippen LogP contribution is -2.28. The zero-order chi connectivity index (χ0) is 18.0. The van der Waals surface area contributed by atoms with Gasteiger partial charge in [0.2, 0.25) is 10.0 Å². The summed E-state index contributed by atoms with van der Waals surface area (Å²) < 4.78 is 26.9. The second-order valence-corrected chi connectivity index (χ2v) is 8.16. The Morgan fingerprint density at radius 1 is 1.08 bits per heavy atom. The van der Waals surface area contributed by atoms with E-state index in [0.29, 0.717) is 16.1 Å². The van der Waals surface area contributed by atoms with Crippen molar-refractivity contribution in [2.24, 2.45) is 0 Å². The highest BCUT2D eigenvalue weighted by Gasteiger charge is 2.13. The molecule has 0 aliphatic rings. The molecule has 25 heavy (non-hydrogen) atoms. The molecule has 0 saturated carbocycles. The van der Waals surface area contributed by atoms with E-state index in [9.17, 15) is 13.2 Å². The maximum absolute atomic E-state index is 12.2. The molecular weight excluding hydrogens is 360 g/mol. The van der Waals surface area contributed by atoms with Crippen LogP contribution in [0.25, 0.3) is 10.9 Å². The summed E-state index contributed by atoms with van der Waals surface area (Å²) in [6.45, 7) is 1.88. The number of sulfonamides is 1. The van der Waals surface area contributed by atoms with Crippen molar-refractivity contribution in [3.05, 3.63) is 80.6 Å².